The molecule has 0 aliphatic rings. The molecule has 0 fully saturated rings. The van der Waals surface area contributed by atoms with Crippen molar-refractivity contribution in [1.82, 2.24) is 10.2 Å². The Morgan fingerprint density at radius 2 is 1.88 bits per heavy atom. The number of nitrogens with zero attached hydrogens (tertiary/aromatic N) is 2. The third-order valence-electron chi connectivity index (χ3n) is 2.11. The Bertz CT molecular complexity index is 472. The predicted octanol–water partition coefficient (Wildman–Crippen LogP) is 2.36. The van der Waals surface area contributed by atoms with E-state index in [1.807, 2.05) is 0 Å². The van der Waals surface area contributed by atoms with Gasteiger partial charge in [-0.15, -0.1) is 10.2 Å². The van der Waals surface area contributed by atoms with Gasteiger partial charge in [-0.3, -0.25) is 0 Å². The SMILES string of the molecule is Cc1cc(C)cc(Nc2nnc(CN)s2)c1. The number of nitrogens with two attached hydrogens (primary N) is 1. The van der Waals surface area contributed by atoms with Crippen molar-refractivity contribution < 1.29 is 0 Å². The van der Waals surface area contributed by atoms with E-state index in [1.54, 1.807) is 0 Å². The molecule has 4 nitrogen and oxygen atoms in total. The molecule has 3 N–H and O–H groups in total. The van der Waals surface area contributed by atoms with Gasteiger partial charge in [0, 0.05) is 12.2 Å². The van der Waals surface area contributed by atoms with Crippen LogP contribution < -0.4 is 11.1 Å². The first kappa shape index (κ1) is 11.0. The highest BCUT2D eigenvalue weighted by molar-refractivity contribution is 7.15. The zero-order valence-corrected chi connectivity index (χ0v) is 10.1. The zero-order chi connectivity index (χ0) is 11.5. The van der Waals surface area contributed by atoms with Crippen LogP contribution in [0.4, 0.5) is 10.8 Å². The van der Waals surface area contributed by atoms with Crippen LogP contribution in [0.3, 0.4) is 0 Å². The van der Waals surface area contributed by atoms with Crippen molar-refractivity contribution in [2.24, 2.45) is 5.73 Å². The van der Waals surface area contributed by atoms with E-state index in [1.165, 1.54) is 22.5 Å². The fourth-order valence-corrected chi connectivity index (χ4v) is 2.20. The second-order valence-corrected chi connectivity index (χ2v) is 4.77. The van der Waals surface area contributed by atoms with Gasteiger partial charge in [0.2, 0.25) is 5.13 Å². The van der Waals surface area contributed by atoms with Crippen LogP contribution in [0, 0.1) is 13.8 Å². The standard InChI is InChI=1S/C11H14N4S/c1-7-3-8(2)5-9(4-7)13-11-15-14-10(6-12)16-11/h3-5H,6,12H2,1-2H3,(H,13,15). The van der Waals surface area contributed by atoms with Gasteiger partial charge >= 0.3 is 0 Å². The summed E-state index contributed by atoms with van der Waals surface area (Å²) >= 11 is 1.48. The maximum atomic E-state index is 5.48. The molecule has 0 amide bonds. The maximum absolute atomic E-state index is 5.48. The summed E-state index contributed by atoms with van der Waals surface area (Å²) in [6.45, 7) is 4.58. The van der Waals surface area contributed by atoms with Gasteiger partial charge < -0.3 is 11.1 Å². The highest BCUT2D eigenvalue weighted by atomic mass is 32.1. The van der Waals surface area contributed by atoms with Crippen LogP contribution in [-0.2, 0) is 6.54 Å². The molecule has 1 aromatic heterocycles. The van der Waals surface area contributed by atoms with E-state index in [9.17, 15) is 0 Å². The van der Waals surface area contributed by atoms with Gasteiger partial charge in [0.25, 0.3) is 0 Å². The summed E-state index contributed by atoms with van der Waals surface area (Å²) in [6, 6.07) is 6.30. The molecule has 1 heterocycles. The van der Waals surface area contributed by atoms with Crippen molar-refractivity contribution in [1.29, 1.82) is 0 Å². The molecule has 0 unspecified atom stereocenters. The van der Waals surface area contributed by atoms with Crippen molar-refractivity contribution in [3.8, 4) is 0 Å². The van der Waals surface area contributed by atoms with Crippen molar-refractivity contribution in [2.75, 3.05) is 5.32 Å². The van der Waals surface area contributed by atoms with Crippen LogP contribution in [0.1, 0.15) is 16.1 Å². The fourth-order valence-electron chi connectivity index (χ4n) is 1.56. The van der Waals surface area contributed by atoms with E-state index in [0.29, 0.717) is 6.54 Å². The minimum absolute atomic E-state index is 0.437. The van der Waals surface area contributed by atoms with Crippen LogP contribution >= 0.6 is 11.3 Å². The lowest BCUT2D eigenvalue weighted by Crippen LogP contribution is -1.94. The number of anilines is 2. The van der Waals surface area contributed by atoms with E-state index < -0.39 is 0 Å². The number of hydrogen-bond donors (Lipinski definition) is 2. The van der Waals surface area contributed by atoms with Gasteiger partial charge in [-0.25, -0.2) is 0 Å². The highest BCUT2D eigenvalue weighted by Gasteiger charge is 2.03. The Kier molecular flexibility index (Phi) is 3.17. The van der Waals surface area contributed by atoms with Crippen LogP contribution in [0.5, 0.6) is 0 Å². The van der Waals surface area contributed by atoms with Crippen LogP contribution in [0.15, 0.2) is 18.2 Å². The monoisotopic (exact) mass is 234 g/mol. The molecule has 5 heteroatoms. The summed E-state index contributed by atoms with van der Waals surface area (Å²) in [5, 5.41) is 12.8. The van der Waals surface area contributed by atoms with Gasteiger partial charge in [0.1, 0.15) is 5.01 Å². The van der Waals surface area contributed by atoms with E-state index in [0.717, 1.165) is 15.8 Å². The second-order valence-electron chi connectivity index (χ2n) is 3.71. The summed E-state index contributed by atoms with van der Waals surface area (Å²) < 4.78 is 0. The van der Waals surface area contributed by atoms with Gasteiger partial charge in [-0.2, -0.15) is 0 Å². The molecule has 0 aliphatic carbocycles. The summed E-state index contributed by atoms with van der Waals surface area (Å²) in [6.07, 6.45) is 0. The first-order valence-electron chi connectivity index (χ1n) is 5.05. The lowest BCUT2D eigenvalue weighted by molar-refractivity contribution is 0.960. The van der Waals surface area contributed by atoms with Gasteiger partial charge in [-0.1, -0.05) is 17.4 Å². The molecule has 16 heavy (non-hydrogen) atoms. The fraction of sp³-hybridized carbons (Fsp3) is 0.273. The lowest BCUT2D eigenvalue weighted by Gasteiger charge is -2.04. The molecular formula is C11H14N4S. The number of rotatable bonds is 3. The Morgan fingerprint density at radius 3 is 2.44 bits per heavy atom. The summed E-state index contributed by atoms with van der Waals surface area (Å²) in [5.41, 5.74) is 8.98. The summed E-state index contributed by atoms with van der Waals surface area (Å²) in [5.74, 6) is 0. The smallest absolute Gasteiger partial charge is 0.210 e. The number of aryl methyl sites for hydroxylation is 2. The largest absolute Gasteiger partial charge is 0.330 e. The molecule has 0 radical (unpaired) electrons. The predicted molar refractivity (Wildman–Crippen MR) is 67.0 cm³/mol. The summed E-state index contributed by atoms with van der Waals surface area (Å²) in [7, 11) is 0. The minimum atomic E-state index is 0.437. The Labute approximate surface area is 98.5 Å². The maximum Gasteiger partial charge on any atom is 0.210 e. The number of nitrogens with one attached hydrogen (secondary N) is 1. The molecule has 0 saturated heterocycles. The highest BCUT2D eigenvalue weighted by Crippen LogP contribution is 2.22. The number of benzene rings is 1. The van der Waals surface area contributed by atoms with Crippen LogP contribution in [-0.4, -0.2) is 10.2 Å². The molecule has 0 atom stereocenters. The average molecular weight is 234 g/mol. The van der Waals surface area contributed by atoms with E-state index >= 15 is 0 Å². The van der Waals surface area contributed by atoms with Crippen LogP contribution in [0.2, 0.25) is 0 Å². The van der Waals surface area contributed by atoms with Crippen LogP contribution in [0.25, 0.3) is 0 Å². The van der Waals surface area contributed by atoms with Crippen molar-refractivity contribution in [2.45, 2.75) is 20.4 Å². The average Bonchev–Trinajstić information content (AvgIpc) is 2.64. The molecule has 84 valence electrons. The first-order chi connectivity index (χ1) is 7.67. The lowest BCUT2D eigenvalue weighted by atomic mass is 10.1. The van der Waals surface area contributed by atoms with Crippen molar-refractivity contribution >= 4 is 22.2 Å². The van der Waals surface area contributed by atoms with E-state index in [-0.39, 0.29) is 0 Å². The molecule has 0 spiro atoms. The topological polar surface area (TPSA) is 63.8 Å². The third-order valence-corrected chi connectivity index (χ3v) is 2.98. The zero-order valence-electron chi connectivity index (χ0n) is 9.32. The van der Waals surface area contributed by atoms with Gasteiger partial charge in [0.15, 0.2) is 0 Å². The van der Waals surface area contributed by atoms with Crippen molar-refractivity contribution in [3.05, 3.63) is 34.3 Å². The Hall–Kier alpha value is -1.46. The van der Waals surface area contributed by atoms with Gasteiger partial charge in [-0.05, 0) is 37.1 Å². The molecule has 2 rings (SSSR count). The van der Waals surface area contributed by atoms with Gasteiger partial charge in [0.05, 0.1) is 0 Å². The summed E-state index contributed by atoms with van der Waals surface area (Å²) in [4.78, 5) is 0. The van der Waals surface area contributed by atoms with E-state index in [2.05, 4.69) is 47.6 Å². The normalized spacial score (nSPS) is 10.4. The second kappa shape index (κ2) is 4.59. The third kappa shape index (κ3) is 2.56. The molecule has 0 saturated carbocycles. The minimum Gasteiger partial charge on any atom is -0.330 e. The Morgan fingerprint density at radius 1 is 1.19 bits per heavy atom. The number of hydrogen-bond acceptors (Lipinski definition) is 5. The molecule has 0 bridgehead atoms. The molecule has 2 aromatic rings. The molecule has 1 aromatic carbocycles. The Balaban J connectivity index is 2.19. The molecular weight excluding hydrogens is 220 g/mol. The quantitative estimate of drug-likeness (QED) is 0.855. The molecule has 0 aliphatic heterocycles. The first-order valence-corrected chi connectivity index (χ1v) is 5.87. The van der Waals surface area contributed by atoms with Crippen molar-refractivity contribution in [3.63, 3.8) is 0 Å². The number of aromatic nitrogens is 2. The van der Waals surface area contributed by atoms with E-state index in [4.69, 9.17) is 5.73 Å².